The SMILES string of the molecule is COc1cc2nn(CCC3CCN(CC(=O)N4CCC(CC(=O)N[C@H](C(=O)N5C[C@H](O)C[C@H]5C(=O)N[C@@H](C)c5ccc(-c6scnc6C)cc5)C(C)(C)C)CC4)CC3)cc2cc1NC(=O)c1cccc(C(F)(F)F)n1. The second-order valence-electron chi connectivity index (χ2n) is 21.3. The summed E-state index contributed by atoms with van der Waals surface area (Å²) in [6.07, 6.45) is 0.600. The number of halogens is 3. The molecule has 5 aromatic rings. The highest BCUT2D eigenvalue weighted by Crippen LogP contribution is 2.34. The van der Waals surface area contributed by atoms with E-state index in [9.17, 15) is 42.3 Å². The minimum Gasteiger partial charge on any atom is -0.494 e. The number of thiazole rings is 1. The fourth-order valence-electron chi connectivity index (χ4n) is 10.3. The Labute approximate surface area is 438 Å². The molecular weight excluding hydrogens is 990 g/mol. The lowest BCUT2D eigenvalue weighted by atomic mass is 9.85. The van der Waals surface area contributed by atoms with Gasteiger partial charge in [-0.1, -0.05) is 51.1 Å². The van der Waals surface area contributed by atoms with E-state index >= 15 is 0 Å². The number of carbonyl (C=O) groups excluding carboxylic acids is 5. The summed E-state index contributed by atoms with van der Waals surface area (Å²) in [5.74, 6) is -1.04. The van der Waals surface area contributed by atoms with E-state index in [1.54, 1.807) is 23.5 Å². The molecule has 0 saturated carbocycles. The molecule has 2 aromatic carbocycles. The topological polar surface area (TPSA) is 204 Å². The molecule has 4 N–H and O–H groups in total. The standard InChI is InChI=1S/C54H67F3N10O7S/c1-32(36-10-12-37(13-11-36)48-33(2)58-31-75-48)59-51(72)43-26-39(68)29-67(43)52(73)49(53(3,4)5)62-46(69)24-35-16-21-65(22-17-35)47(70)30-64-19-14-34(15-20-64)18-23-66-28-38-25-42(44(74-6)27-41(38)63-66)61-50(71)40-8-7-9-45(60-40)54(55,56)57/h7-13,25,27-28,31-32,34-35,39,43,49,68H,14-24,26,29-30H2,1-6H3,(H,59,72)(H,61,71)(H,62,69)/t32-,39+,43-,49+/m0/s1. The van der Waals surface area contributed by atoms with Crippen LogP contribution in [0.3, 0.4) is 0 Å². The number of β-amino-alcohol motifs (C(OH)–C–C–N with tert-alkyl or cyclic N) is 1. The van der Waals surface area contributed by atoms with E-state index in [2.05, 4.69) is 30.8 Å². The fraction of sp³-hybridized carbons (Fsp3) is 0.519. The molecule has 8 rings (SSSR count). The van der Waals surface area contributed by atoms with Crippen molar-refractivity contribution in [1.82, 2.24) is 45.1 Å². The second kappa shape index (κ2) is 23.2. The van der Waals surface area contributed by atoms with E-state index in [0.29, 0.717) is 61.6 Å². The number of aromatic nitrogens is 4. The van der Waals surface area contributed by atoms with Crippen molar-refractivity contribution in [3.63, 3.8) is 0 Å². The van der Waals surface area contributed by atoms with Crippen LogP contribution in [0.2, 0.25) is 0 Å². The summed E-state index contributed by atoms with van der Waals surface area (Å²) in [4.78, 5) is 82.5. The van der Waals surface area contributed by atoms with Gasteiger partial charge >= 0.3 is 6.18 Å². The van der Waals surface area contributed by atoms with Gasteiger partial charge in [0, 0.05) is 56.7 Å². The number of hydrogen-bond acceptors (Lipinski definition) is 12. The molecule has 75 heavy (non-hydrogen) atoms. The Morgan fingerprint density at radius 1 is 0.933 bits per heavy atom. The molecule has 3 fully saturated rings. The molecule has 0 aliphatic carbocycles. The first-order valence-corrected chi connectivity index (χ1v) is 26.5. The lowest BCUT2D eigenvalue weighted by Crippen LogP contribution is -2.58. The monoisotopic (exact) mass is 1060 g/mol. The summed E-state index contributed by atoms with van der Waals surface area (Å²) in [5.41, 5.74) is 3.37. The highest BCUT2D eigenvalue weighted by atomic mass is 32.1. The summed E-state index contributed by atoms with van der Waals surface area (Å²) in [5, 5.41) is 24.8. The van der Waals surface area contributed by atoms with E-state index < -0.39 is 47.3 Å². The fourth-order valence-corrected chi connectivity index (χ4v) is 11.1. The maximum atomic E-state index is 14.3. The summed E-state index contributed by atoms with van der Waals surface area (Å²) in [6, 6.07) is 12.2. The third-order valence-corrected chi connectivity index (χ3v) is 15.7. The molecular formula is C54H67F3N10O7S. The highest BCUT2D eigenvalue weighted by Gasteiger charge is 2.45. The molecule has 5 amide bonds. The van der Waals surface area contributed by atoms with Crippen molar-refractivity contribution >= 4 is 57.5 Å². The van der Waals surface area contributed by atoms with Gasteiger partial charge in [0.15, 0.2) is 0 Å². The molecule has 3 aromatic heterocycles. The van der Waals surface area contributed by atoms with Crippen molar-refractivity contribution in [2.24, 2.45) is 17.3 Å². The Balaban J connectivity index is 0.758. The summed E-state index contributed by atoms with van der Waals surface area (Å²) in [7, 11) is 1.43. The van der Waals surface area contributed by atoms with Crippen LogP contribution in [0.25, 0.3) is 21.3 Å². The molecule has 3 saturated heterocycles. The van der Waals surface area contributed by atoms with Gasteiger partial charge in [0.2, 0.25) is 23.6 Å². The highest BCUT2D eigenvalue weighted by molar-refractivity contribution is 7.13. The maximum absolute atomic E-state index is 14.3. The quantitative estimate of drug-likeness (QED) is 0.0776. The number of carbonyl (C=O) groups is 5. The lowest BCUT2D eigenvalue weighted by Gasteiger charge is -2.37. The molecule has 17 nitrogen and oxygen atoms in total. The average Bonchev–Trinajstić information content (AvgIpc) is 4.12. The van der Waals surface area contributed by atoms with Crippen molar-refractivity contribution in [1.29, 1.82) is 0 Å². The zero-order chi connectivity index (χ0) is 53.8. The summed E-state index contributed by atoms with van der Waals surface area (Å²) < 4.78 is 46.9. The van der Waals surface area contributed by atoms with E-state index in [1.807, 2.05) is 80.2 Å². The first-order valence-electron chi connectivity index (χ1n) is 25.6. The normalized spacial score (nSPS) is 19.0. The first-order chi connectivity index (χ1) is 35.6. The zero-order valence-corrected chi connectivity index (χ0v) is 44.1. The number of nitrogens with zero attached hydrogens (tertiary/aromatic N) is 7. The minimum atomic E-state index is -4.69. The second-order valence-corrected chi connectivity index (χ2v) is 22.1. The number of alkyl halides is 3. The number of ether oxygens (including phenoxy) is 1. The van der Waals surface area contributed by atoms with Crippen molar-refractivity contribution in [2.45, 2.75) is 117 Å². The third kappa shape index (κ3) is 13.5. The van der Waals surface area contributed by atoms with Crippen LogP contribution >= 0.6 is 11.3 Å². The van der Waals surface area contributed by atoms with Crippen LogP contribution in [0.15, 0.2) is 66.3 Å². The van der Waals surface area contributed by atoms with Gasteiger partial charge in [0.05, 0.1) is 53.1 Å². The molecule has 4 atom stereocenters. The number of piperidine rings is 2. The number of benzene rings is 2. The average molecular weight is 1060 g/mol. The molecule has 0 unspecified atom stereocenters. The third-order valence-electron chi connectivity index (χ3n) is 14.7. The van der Waals surface area contributed by atoms with Gasteiger partial charge in [-0.05, 0) is 106 Å². The van der Waals surface area contributed by atoms with Crippen LogP contribution in [0.4, 0.5) is 18.9 Å². The lowest BCUT2D eigenvalue weighted by molar-refractivity contribution is -0.144. The predicted molar refractivity (Wildman–Crippen MR) is 278 cm³/mol. The number of rotatable bonds is 16. The number of amides is 5. The molecule has 0 radical (unpaired) electrons. The maximum Gasteiger partial charge on any atom is 0.433 e. The Bertz CT molecular complexity index is 2850. The van der Waals surface area contributed by atoms with Crippen LogP contribution in [-0.4, -0.2) is 134 Å². The molecule has 21 heteroatoms. The molecule has 6 heterocycles. The number of pyridine rings is 1. The van der Waals surface area contributed by atoms with Crippen LogP contribution in [0.1, 0.15) is 106 Å². The number of hydrogen-bond donors (Lipinski definition) is 4. The Kier molecular flexibility index (Phi) is 17.0. The van der Waals surface area contributed by atoms with Gasteiger partial charge < -0.3 is 35.6 Å². The predicted octanol–water partition coefficient (Wildman–Crippen LogP) is 7.24. The Morgan fingerprint density at radius 2 is 1.64 bits per heavy atom. The number of likely N-dealkylation sites (tertiary alicyclic amines) is 3. The summed E-state index contributed by atoms with van der Waals surface area (Å²) >= 11 is 1.57. The van der Waals surface area contributed by atoms with Crippen LogP contribution in [-0.2, 0) is 31.9 Å². The van der Waals surface area contributed by atoms with Gasteiger partial charge in [-0.15, -0.1) is 11.3 Å². The van der Waals surface area contributed by atoms with Crippen molar-refractivity contribution < 1.29 is 47.0 Å². The van der Waals surface area contributed by atoms with Gasteiger partial charge in [-0.3, -0.25) is 33.6 Å². The first kappa shape index (κ1) is 54.8. The minimum absolute atomic E-state index is 0.0175. The van der Waals surface area contributed by atoms with Crippen molar-refractivity contribution in [3.05, 3.63) is 88.9 Å². The van der Waals surface area contributed by atoms with Gasteiger partial charge in [-0.2, -0.15) is 18.3 Å². The van der Waals surface area contributed by atoms with Crippen LogP contribution < -0.4 is 20.7 Å². The largest absolute Gasteiger partial charge is 0.494 e. The smallest absolute Gasteiger partial charge is 0.433 e. The number of methoxy groups -OCH3 is 1. The Morgan fingerprint density at radius 3 is 2.29 bits per heavy atom. The number of anilines is 1. The molecule has 3 aliphatic rings. The molecule has 0 spiro atoms. The van der Waals surface area contributed by atoms with Crippen molar-refractivity contribution in [3.8, 4) is 16.2 Å². The Hall–Kier alpha value is -6.45. The van der Waals surface area contributed by atoms with Crippen LogP contribution in [0, 0.1) is 24.2 Å². The molecule has 402 valence electrons. The van der Waals surface area contributed by atoms with Crippen molar-refractivity contribution in [2.75, 3.05) is 51.7 Å². The number of aliphatic hydroxyl groups is 1. The van der Waals surface area contributed by atoms with Gasteiger partial charge in [-0.25, -0.2) is 9.97 Å². The summed E-state index contributed by atoms with van der Waals surface area (Å²) in [6.45, 7) is 13.0. The molecule has 3 aliphatic heterocycles. The zero-order valence-electron chi connectivity index (χ0n) is 43.3. The van der Waals surface area contributed by atoms with E-state index in [-0.39, 0.29) is 60.4 Å². The van der Waals surface area contributed by atoms with E-state index in [0.717, 1.165) is 66.2 Å². The number of aryl methyl sites for hydroxylation is 2. The van der Waals surface area contributed by atoms with E-state index in [4.69, 9.17) is 9.84 Å². The van der Waals surface area contributed by atoms with Gasteiger partial charge in [0.1, 0.15) is 29.2 Å². The number of aliphatic hydroxyl groups excluding tert-OH is 1. The number of fused-ring (bicyclic) bond motifs is 1. The number of nitrogens with one attached hydrogen (secondary N) is 3. The van der Waals surface area contributed by atoms with E-state index in [1.165, 1.54) is 18.1 Å². The van der Waals surface area contributed by atoms with Gasteiger partial charge in [0.25, 0.3) is 5.91 Å². The molecule has 0 bridgehead atoms. The van der Waals surface area contributed by atoms with Crippen LogP contribution in [0.5, 0.6) is 5.75 Å².